The molecule has 0 aliphatic heterocycles. The minimum atomic E-state index is -5.84. The maximum Gasteiger partial charge on any atom is 1.00 e. The van der Waals surface area contributed by atoms with Crippen molar-refractivity contribution in [1.29, 1.82) is 0 Å². The molecule has 0 rings (SSSR count). The summed E-state index contributed by atoms with van der Waals surface area (Å²) in [6, 6.07) is 0. The van der Waals surface area contributed by atoms with Crippen molar-refractivity contribution in [2.24, 2.45) is 0 Å². The summed E-state index contributed by atoms with van der Waals surface area (Å²) in [6.07, 6.45) is 0. The van der Waals surface area contributed by atoms with Gasteiger partial charge in [0.15, 0.2) is 0 Å². The van der Waals surface area contributed by atoms with Crippen LogP contribution in [0.4, 0.5) is 13.2 Å². The van der Waals surface area contributed by atoms with E-state index < -0.39 is 25.9 Å². The third-order valence-corrected chi connectivity index (χ3v) is 0.877. The molecule has 0 aromatic rings. The second-order valence-corrected chi connectivity index (χ2v) is 3.47. The maximum atomic E-state index is 10.7. The summed E-state index contributed by atoms with van der Waals surface area (Å²) in [5.74, 6) is 0. The minimum Gasteiger partial charge on any atom is -0.279 e. The van der Waals surface area contributed by atoms with Crippen molar-refractivity contribution in [2.45, 2.75) is 5.51 Å². The zero-order chi connectivity index (χ0) is 11.5. The van der Waals surface area contributed by atoms with E-state index in [0.29, 0.717) is 0 Å². The molecule has 0 radical (unpaired) electrons. The molecule has 0 aliphatic carbocycles. The van der Waals surface area contributed by atoms with Crippen LogP contribution in [0.15, 0.2) is 0 Å². The fraction of sp³-hybridized carbons (Fsp3) is 1.00. The molecule has 0 heterocycles. The first-order valence-electron chi connectivity index (χ1n) is 1.90. The molecule has 13 heteroatoms. The summed E-state index contributed by atoms with van der Waals surface area (Å²) in [7, 11) is -10.8. The van der Waals surface area contributed by atoms with Gasteiger partial charge in [-0.25, -0.2) is 18.6 Å². The van der Waals surface area contributed by atoms with E-state index in [1.54, 1.807) is 0 Å². The molecular weight excluding hydrogens is 255 g/mol. The fourth-order valence-electron chi connectivity index (χ4n) is 0. The molecule has 0 aromatic heterocycles. The van der Waals surface area contributed by atoms with Crippen LogP contribution in [0.3, 0.4) is 0 Å². The maximum absolute atomic E-state index is 10.7. The van der Waals surface area contributed by atoms with E-state index in [9.17, 15) is 13.2 Å². The fourth-order valence-corrected chi connectivity index (χ4v) is 0. The Kier molecular flexibility index (Phi) is 8.69. The zero-order valence-corrected chi connectivity index (χ0v) is 7.89. The topological polar surface area (TPSA) is 147 Å². The molecular formula is CHClF3LiO7S. The molecule has 1 N–H and O–H groups in total. The van der Waals surface area contributed by atoms with E-state index in [-0.39, 0.29) is 18.9 Å². The Morgan fingerprint density at radius 1 is 1.07 bits per heavy atom. The summed E-state index contributed by atoms with van der Waals surface area (Å²) >= 11 is 0. The van der Waals surface area contributed by atoms with Crippen LogP contribution in [-0.4, -0.2) is 18.5 Å². The molecule has 0 spiro atoms. The van der Waals surface area contributed by atoms with E-state index in [0.717, 1.165) is 0 Å². The van der Waals surface area contributed by atoms with Gasteiger partial charge < -0.3 is 0 Å². The average Bonchev–Trinajstić information content (AvgIpc) is 1.50. The van der Waals surface area contributed by atoms with Crippen LogP contribution in [0.25, 0.3) is 0 Å². The summed E-state index contributed by atoms with van der Waals surface area (Å²) in [5.41, 5.74) is -5.53. The van der Waals surface area contributed by atoms with E-state index in [4.69, 9.17) is 31.6 Å². The molecule has 0 fully saturated rings. The van der Waals surface area contributed by atoms with Crippen molar-refractivity contribution in [1.82, 2.24) is 0 Å². The van der Waals surface area contributed by atoms with Crippen molar-refractivity contribution in [2.75, 3.05) is 0 Å². The van der Waals surface area contributed by atoms with E-state index >= 15 is 0 Å². The van der Waals surface area contributed by atoms with Gasteiger partial charge in [0.05, 0.1) is 0 Å². The molecule has 0 aromatic carbocycles. The number of hydrogen-bond donors (Lipinski definition) is 1. The molecule has 0 unspecified atom stereocenters. The third-order valence-electron chi connectivity index (χ3n) is 0.292. The van der Waals surface area contributed by atoms with E-state index in [1.807, 2.05) is 0 Å². The van der Waals surface area contributed by atoms with Crippen LogP contribution in [0, 0.1) is 10.2 Å². The second kappa shape index (κ2) is 6.11. The van der Waals surface area contributed by atoms with Gasteiger partial charge in [0.2, 0.25) is 0 Å². The van der Waals surface area contributed by atoms with Crippen molar-refractivity contribution in [3.8, 4) is 0 Å². The van der Waals surface area contributed by atoms with E-state index in [2.05, 4.69) is 0 Å². The van der Waals surface area contributed by atoms with Gasteiger partial charge in [-0.1, -0.05) is 0 Å². The van der Waals surface area contributed by atoms with Gasteiger partial charge in [-0.2, -0.15) is 21.6 Å². The zero-order valence-electron chi connectivity index (χ0n) is 6.32. The molecule has 0 amide bonds. The van der Waals surface area contributed by atoms with Crippen molar-refractivity contribution in [3.05, 3.63) is 0 Å². The monoisotopic (exact) mass is 256 g/mol. The van der Waals surface area contributed by atoms with Gasteiger partial charge in [0, 0.05) is 0 Å². The van der Waals surface area contributed by atoms with Crippen LogP contribution < -0.4 is 37.5 Å². The van der Waals surface area contributed by atoms with Crippen LogP contribution in [0.1, 0.15) is 0 Å². The Balaban J connectivity index is -0.000000177. The predicted molar refractivity (Wildman–Crippen MR) is 17.6 cm³/mol. The quantitative estimate of drug-likeness (QED) is 0.257. The summed E-state index contributed by atoms with van der Waals surface area (Å²) in [6.45, 7) is 0. The molecule has 0 bridgehead atoms. The smallest absolute Gasteiger partial charge is 0.279 e. The molecule has 0 saturated heterocycles. The Morgan fingerprint density at radius 2 is 1.14 bits per heavy atom. The molecule has 0 atom stereocenters. The van der Waals surface area contributed by atoms with Crippen molar-refractivity contribution < 1.29 is 73.9 Å². The van der Waals surface area contributed by atoms with Gasteiger partial charge >= 0.3 is 34.5 Å². The van der Waals surface area contributed by atoms with Crippen LogP contribution in [0.5, 0.6) is 0 Å². The Labute approximate surface area is 89.8 Å². The first kappa shape index (κ1) is 19.9. The normalized spacial score (nSPS) is 12.3. The average molecular weight is 256 g/mol. The van der Waals surface area contributed by atoms with Gasteiger partial charge in [0.25, 0.3) is 0 Å². The number of halogens is 4. The molecule has 0 saturated carbocycles. The molecule has 14 heavy (non-hydrogen) atoms. The second-order valence-electron chi connectivity index (χ2n) is 1.30. The van der Waals surface area contributed by atoms with Gasteiger partial charge in [-0.15, -0.1) is 10.2 Å². The minimum absolute atomic E-state index is 0. The predicted octanol–water partition coefficient (Wildman–Crippen LogP) is -7.36. The summed E-state index contributed by atoms with van der Waals surface area (Å²) in [5, 5.41) is 0. The van der Waals surface area contributed by atoms with E-state index in [1.165, 1.54) is 0 Å². The van der Waals surface area contributed by atoms with Crippen LogP contribution in [0.2, 0.25) is 0 Å². The number of hydrogen-bond acceptors (Lipinski definition) is 6. The van der Waals surface area contributed by atoms with Crippen molar-refractivity contribution in [3.63, 3.8) is 0 Å². The van der Waals surface area contributed by atoms with Crippen molar-refractivity contribution >= 4 is 10.1 Å². The van der Waals surface area contributed by atoms with Crippen LogP contribution in [-0.2, 0) is 10.1 Å². The number of rotatable bonds is 0. The first-order chi connectivity index (χ1) is 5.25. The Morgan fingerprint density at radius 3 is 1.14 bits per heavy atom. The Hall–Kier alpha value is 0.427. The van der Waals surface area contributed by atoms with Gasteiger partial charge in [-0.05, 0) is 0 Å². The molecule has 7 nitrogen and oxygen atoms in total. The largest absolute Gasteiger partial charge is 1.00 e. The Bertz CT molecular complexity index is 235. The summed E-state index contributed by atoms with van der Waals surface area (Å²) < 4.78 is 91.5. The van der Waals surface area contributed by atoms with Crippen LogP contribution >= 0.6 is 0 Å². The third kappa shape index (κ3) is 18.3. The molecule has 82 valence electrons. The first-order valence-corrected chi connectivity index (χ1v) is 4.58. The summed E-state index contributed by atoms with van der Waals surface area (Å²) in [4.78, 5) is 0. The van der Waals surface area contributed by atoms with Gasteiger partial charge in [-0.3, -0.25) is 4.55 Å². The SMILES string of the molecule is O=S(=O)(O)C(F)(F)F.[Li+].[O-][Cl+3]([O-])([O-])[O-]. The number of alkyl halides is 3. The molecule has 0 aliphatic rings. The standard InChI is InChI=1S/CHF3O3S.ClHO4.Li/c2-1(3,4)8(5,6)7;2-1(3,4)5;/h(H,5,6,7);(H,2,3,4,5);/q;;+1/p-1. The van der Waals surface area contributed by atoms with Gasteiger partial charge in [0.1, 0.15) is 0 Å².